The van der Waals surface area contributed by atoms with Crippen LogP contribution < -0.4 is 5.43 Å². The number of ketones is 1. The molecule has 134 valence electrons. The fraction of sp³-hybridized carbons (Fsp3) is 0.263. The zero-order valence-electron chi connectivity index (χ0n) is 14.5. The van der Waals surface area contributed by atoms with Crippen molar-refractivity contribution in [2.45, 2.75) is 26.8 Å². The van der Waals surface area contributed by atoms with Crippen LogP contribution in [0.2, 0.25) is 0 Å². The van der Waals surface area contributed by atoms with Gasteiger partial charge in [0.25, 0.3) is 0 Å². The molecule has 0 unspecified atom stereocenters. The van der Waals surface area contributed by atoms with E-state index in [0.29, 0.717) is 16.5 Å². The number of hydrogen-bond donors (Lipinski definition) is 0. The molecule has 0 spiro atoms. The van der Waals surface area contributed by atoms with Crippen LogP contribution in [0.4, 0.5) is 0 Å². The first-order chi connectivity index (χ1) is 12.5. The molecule has 0 atom stereocenters. The minimum absolute atomic E-state index is 0.0643. The number of aryl methyl sites for hydroxylation is 3. The minimum atomic E-state index is -0.479. The van der Waals surface area contributed by atoms with Crippen LogP contribution in [-0.2, 0) is 16.1 Å². The number of rotatable bonds is 6. The van der Waals surface area contributed by atoms with Gasteiger partial charge >= 0.3 is 5.97 Å². The van der Waals surface area contributed by atoms with E-state index in [4.69, 9.17) is 4.74 Å². The molecule has 0 bridgehead atoms. The van der Waals surface area contributed by atoms with Gasteiger partial charge in [-0.1, -0.05) is 12.1 Å². The Labute approximate surface area is 154 Å². The summed E-state index contributed by atoms with van der Waals surface area (Å²) in [5, 5.41) is 4.62. The molecule has 6 nitrogen and oxygen atoms in total. The number of carbonyl (C=O) groups is 2. The summed E-state index contributed by atoms with van der Waals surface area (Å²) >= 11 is 1.54. The Morgan fingerprint density at radius 1 is 1.23 bits per heavy atom. The average Bonchev–Trinajstić information content (AvgIpc) is 2.97. The molecule has 0 N–H and O–H groups in total. The van der Waals surface area contributed by atoms with E-state index in [9.17, 15) is 14.4 Å². The van der Waals surface area contributed by atoms with Gasteiger partial charge in [-0.2, -0.15) is 5.10 Å². The predicted octanol–water partition coefficient (Wildman–Crippen LogP) is 2.89. The molecule has 1 aromatic carbocycles. The summed E-state index contributed by atoms with van der Waals surface area (Å²) in [4.78, 5) is 37.9. The van der Waals surface area contributed by atoms with E-state index in [1.165, 1.54) is 6.20 Å². The highest BCUT2D eigenvalue weighted by Crippen LogP contribution is 2.21. The second kappa shape index (κ2) is 7.61. The molecule has 0 saturated heterocycles. The fourth-order valence-electron chi connectivity index (χ4n) is 2.74. The van der Waals surface area contributed by atoms with E-state index in [2.05, 4.69) is 5.10 Å². The first-order valence-electron chi connectivity index (χ1n) is 8.16. The highest BCUT2D eigenvalue weighted by Gasteiger charge is 2.14. The highest BCUT2D eigenvalue weighted by atomic mass is 32.1. The molecular formula is C19H18N2O4S. The van der Waals surface area contributed by atoms with Crippen molar-refractivity contribution in [1.82, 2.24) is 9.78 Å². The molecule has 0 aliphatic heterocycles. The summed E-state index contributed by atoms with van der Waals surface area (Å²) in [7, 11) is 0. The summed E-state index contributed by atoms with van der Waals surface area (Å²) < 4.78 is 6.68. The topological polar surface area (TPSA) is 78.3 Å². The van der Waals surface area contributed by atoms with Crippen LogP contribution in [0.5, 0.6) is 0 Å². The SMILES string of the molecule is Cc1cc(C(=O)COC(=O)CCn2ncc(=O)c3ccccc32)c(C)s1. The van der Waals surface area contributed by atoms with Gasteiger partial charge < -0.3 is 4.74 Å². The molecule has 26 heavy (non-hydrogen) atoms. The smallest absolute Gasteiger partial charge is 0.308 e. The molecule has 0 radical (unpaired) electrons. The summed E-state index contributed by atoms with van der Waals surface area (Å²) in [6, 6.07) is 8.90. The second-order valence-corrected chi connectivity index (χ2v) is 7.37. The number of nitrogens with zero attached hydrogens (tertiary/aromatic N) is 2. The number of hydrogen-bond acceptors (Lipinski definition) is 6. The zero-order valence-corrected chi connectivity index (χ0v) is 15.3. The maximum Gasteiger partial charge on any atom is 0.308 e. The Balaban J connectivity index is 1.60. The van der Waals surface area contributed by atoms with Gasteiger partial charge in [0, 0.05) is 20.7 Å². The highest BCUT2D eigenvalue weighted by molar-refractivity contribution is 7.12. The van der Waals surface area contributed by atoms with Gasteiger partial charge in [-0.25, -0.2) is 0 Å². The molecule has 3 aromatic rings. The third-order valence-corrected chi connectivity index (χ3v) is 4.96. The maximum absolute atomic E-state index is 12.1. The molecule has 0 aliphatic rings. The van der Waals surface area contributed by atoms with E-state index in [0.717, 1.165) is 9.75 Å². The van der Waals surface area contributed by atoms with Crippen LogP contribution in [-0.4, -0.2) is 28.1 Å². The lowest BCUT2D eigenvalue weighted by Gasteiger charge is -2.09. The van der Waals surface area contributed by atoms with Crippen LogP contribution in [0.15, 0.2) is 41.3 Å². The Kier molecular flexibility index (Phi) is 5.27. The first kappa shape index (κ1) is 18.0. The van der Waals surface area contributed by atoms with E-state index in [-0.39, 0.29) is 30.8 Å². The lowest BCUT2D eigenvalue weighted by Crippen LogP contribution is -2.18. The van der Waals surface area contributed by atoms with E-state index in [1.54, 1.807) is 34.2 Å². The number of esters is 1. The average molecular weight is 370 g/mol. The van der Waals surface area contributed by atoms with E-state index >= 15 is 0 Å². The van der Waals surface area contributed by atoms with Crippen molar-refractivity contribution >= 4 is 34.0 Å². The Morgan fingerprint density at radius 3 is 2.73 bits per heavy atom. The van der Waals surface area contributed by atoms with Crippen molar-refractivity contribution in [3.63, 3.8) is 0 Å². The Morgan fingerprint density at radius 2 is 2.00 bits per heavy atom. The first-order valence-corrected chi connectivity index (χ1v) is 8.98. The lowest BCUT2D eigenvalue weighted by molar-refractivity contribution is -0.142. The number of ether oxygens (including phenoxy) is 1. The molecule has 0 amide bonds. The van der Waals surface area contributed by atoms with Gasteiger partial charge in [-0.05, 0) is 32.0 Å². The Hall–Kier alpha value is -2.80. The normalized spacial score (nSPS) is 10.8. The van der Waals surface area contributed by atoms with Crippen molar-refractivity contribution in [1.29, 1.82) is 0 Å². The van der Waals surface area contributed by atoms with Gasteiger partial charge in [-0.3, -0.25) is 19.1 Å². The quantitative estimate of drug-likeness (QED) is 0.492. The molecule has 7 heteroatoms. The molecule has 2 heterocycles. The van der Waals surface area contributed by atoms with Crippen molar-refractivity contribution < 1.29 is 14.3 Å². The molecule has 0 aliphatic carbocycles. The molecule has 3 rings (SSSR count). The van der Waals surface area contributed by atoms with Gasteiger partial charge in [0.05, 0.1) is 24.7 Å². The van der Waals surface area contributed by atoms with Gasteiger partial charge in [0.2, 0.25) is 11.2 Å². The number of Topliss-reactive ketones (excluding diaryl/α,β-unsaturated/α-hetero) is 1. The standard InChI is InChI=1S/C19H18N2O4S/c1-12-9-15(13(2)26-12)18(23)11-25-19(24)7-8-21-16-6-4-3-5-14(16)17(22)10-20-21/h3-6,9-10H,7-8,11H2,1-2H3. The van der Waals surface area contributed by atoms with Crippen molar-refractivity contribution in [2.75, 3.05) is 6.61 Å². The van der Waals surface area contributed by atoms with Gasteiger partial charge in [0.15, 0.2) is 6.61 Å². The van der Waals surface area contributed by atoms with Crippen LogP contribution in [0, 0.1) is 13.8 Å². The molecular weight excluding hydrogens is 352 g/mol. The number of thiophene rings is 1. The molecule has 2 aromatic heterocycles. The number of carbonyl (C=O) groups excluding carboxylic acids is 2. The monoisotopic (exact) mass is 370 g/mol. The predicted molar refractivity (Wildman–Crippen MR) is 99.7 cm³/mol. The van der Waals surface area contributed by atoms with Crippen LogP contribution in [0.1, 0.15) is 26.5 Å². The summed E-state index contributed by atoms with van der Waals surface area (Å²) in [6.07, 6.45) is 1.30. The van der Waals surface area contributed by atoms with Crippen LogP contribution >= 0.6 is 11.3 Å². The van der Waals surface area contributed by atoms with E-state index in [1.807, 2.05) is 26.0 Å². The summed E-state index contributed by atoms with van der Waals surface area (Å²) in [6.45, 7) is 3.81. The summed E-state index contributed by atoms with van der Waals surface area (Å²) in [5.41, 5.74) is 1.10. The largest absolute Gasteiger partial charge is 0.457 e. The number of para-hydroxylation sites is 1. The van der Waals surface area contributed by atoms with Gasteiger partial charge in [0.1, 0.15) is 0 Å². The number of fused-ring (bicyclic) bond motifs is 1. The van der Waals surface area contributed by atoms with Crippen LogP contribution in [0.25, 0.3) is 10.9 Å². The fourth-order valence-corrected chi connectivity index (χ4v) is 3.68. The van der Waals surface area contributed by atoms with Gasteiger partial charge in [-0.15, -0.1) is 11.3 Å². The summed E-state index contributed by atoms with van der Waals surface area (Å²) in [5.74, 6) is -0.681. The second-order valence-electron chi connectivity index (χ2n) is 5.91. The van der Waals surface area contributed by atoms with Crippen molar-refractivity contribution in [3.8, 4) is 0 Å². The van der Waals surface area contributed by atoms with Crippen molar-refractivity contribution in [3.05, 3.63) is 62.1 Å². The molecule has 0 saturated carbocycles. The van der Waals surface area contributed by atoms with Crippen LogP contribution in [0.3, 0.4) is 0 Å². The maximum atomic E-state index is 12.1. The van der Waals surface area contributed by atoms with Crippen molar-refractivity contribution in [2.24, 2.45) is 0 Å². The van der Waals surface area contributed by atoms with E-state index < -0.39 is 5.97 Å². The Bertz CT molecular complexity index is 1040. The third-order valence-electron chi connectivity index (χ3n) is 4.00. The number of aromatic nitrogens is 2. The number of benzene rings is 1. The lowest BCUT2D eigenvalue weighted by atomic mass is 10.2. The zero-order chi connectivity index (χ0) is 18.7. The molecule has 0 fully saturated rings. The minimum Gasteiger partial charge on any atom is -0.457 e. The third kappa shape index (κ3) is 3.88.